The maximum absolute atomic E-state index is 14.0. The number of carbonyl (C=O) groups excluding carboxylic acids is 3. The van der Waals surface area contributed by atoms with E-state index in [-0.39, 0.29) is 49.1 Å². The van der Waals surface area contributed by atoms with Gasteiger partial charge in [0, 0.05) is 31.5 Å². The molecule has 1 saturated heterocycles. The molecular formula is C38H56N4O5. The second kappa shape index (κ2) is 18.4. The fourth-order valence-electron chi connectivity index (χ4n) is 7.67. The van der Waals surface area contributed by atoms with E-state index < -0.39 is 36.1 Å². The molecule has 7 atom stereocenters. The molecule has 3 aliphatic rings. The lowest BCUT2D eigenvalue weighted by molar-refractivity contribution is -0.139. The molecule has 0 spiro atoms. The SMILES string of the molecule is C#CCC[C@H](NC(=O)[C@@H](CC(=O)N1C2CC=NCC1CC2)Cc1ccccc1)C(=O)N[C@@H](CC1CCCCC1)[C@@H](O)[C@@H](O)CC(C)C. The largest absolute Gasteiger partial charge is 0.390 e. The quantitative estimate of drug-likeness (QED) is 0.200. The zero-order valence-electron chi connectivity index (χ0n) is 28.4. The summed E-state index contributed by atoms with van der Waals surface area (Å²) < 4.78 is 0. The molecule has 9 heteroatoms. The van der Waals surface area contributed by atoms with E-state index in [2.05, 4.69) is 21.5 Å². The van der Waals surface area contributed by atoms with Crippen molar-refractivity contribution < 1.29 is 24.6 Å². The fourth-order valence-corrected chi connectivity index (χ4v) is 7.67. The van der Waals surface area contributed by atoms with Crippen molar-refractivity contribution in [3.05, 3.63) is 35.9 Å². The first-order chi connectivity index (χ1) is 22.7. The van der Waals surface area contributed by atoms with Gasteiger partial charge in [-0.15, -0.1) is 12.3 Å². The first-order valence-electron chi connectivity index (χ1n) is 17.9. The Labute approximate surface area is 281 Å². The second-order valence-electron chi connectivity index (χ2n) is 14.4. The van der Waals surface area contributed by atoms with E-state index in [4.69, 9.17) is 6.42 Å². The number of aliphatic imine (C=N–C) groups is 1. The van der Waals surface area contributed by atoms with Crippen molar-refractivity contribution in [2.45, 2.75) is 140 Å². The highest BCUT2D eigenvalue weighted by atomic mass is 16.3. The van der Waals surface area contributed by atoms with Crippen molar-refractivity contribution in [1.29, 1.82) is 0 Å². The van der Waals surface area contributed by atoms with Gasteiger partial charge in [-0.3, -0.25) is 19.4 Å². The van der Waals surface area contributed by atoms with Crippen molar-refractivity contribution in [2.75, 3.05) is 6.54 Å². The summed E-state index contributed by atoms with van der Waals surface area (Å²) in [5, 5.41) is 28.1. The number of nitrogens with zero attached hydrogens (tertiary/aromatic N) is 2. The standard InChI is InChI=1S/C38H56N4O5/c1-4-5-16-32(38(47)41-33(23-28-14-10-7-11-15-28)36(45)34(43)21-26(2)3)40-37(46)29(22-27-12-8-6-9-13-27)24-35(44)42-30-17-18-31(42)25-39-20-19-30/h1,6,8-9,12-13,20,26,28-34,36,43,45H,5,7,10-11,14-19,21-25H2,2-3H3,(H,40,46)(H,41,47)/t29-,30?,31?,32+,33+,34+,36-/m1/s1. The molecule has 1 aromatic carbocycles. The number of terminal acetylenes is 1. The van der Waals surface area contributed by atoms with Gasteiger partial charge in [-0.25, -0.2) is 0 Å². The summed E-state index contributed by atoms with van der Waals surface area (Å²) >= 11 is 0. The van der Waals surface area contributed by atoms with Crippen LogP contribution in [0.4, 0.5) is 0 Å². The Balaban J connectivity index is 1.50. The first-order valence-corrected chi connectivity index (χ1v) is 17.9. The summed E-state index contributed by atoms with van der Waals surface area (Å²) in [5.74, 6) is 1.55. The van der Waals surface area contributed by atoms with E-state index in [9.17, 15) is 24.6 Å². The Hall–Kier alpha value is -3.22. The Morgan fingerprint density at radius 2 is 1.72 bits per heavy atom. The van der Waals surface area contributed by atoms with E-state index >= 15 is 0 Å². The predicted octanol–water partition coefficient (Wildman–Crippen LogP) is 4.19. The van der Waals surface area contributed by atoms with Crippen LogP contribution in [0.2, 0.25) is 0 Å². The van der Waals surface area contributed by atoms with Gasteiger partial charge in [-0.1, -0.05) is 76.3 Å². The summed E-state index contributed by atoms with van der Waals surface area (Å²) in [4.78, 5) is 48.1. The molecule has 47 heavy (non-hydrogen) atoms. The van der Waals surface area contributed by atoms with Crippen LogP contribution in [0.15, 0.2) is 35.3 Å². The van der Waals surface area contributed by atoms with Crippen LogP contribution >= 0.6 is 0 Å². The van der Waals surface area contributed by atoms with Crippen LogP contribution in [-0.4, -0.2) is 82.0 Å². The Bertz CT molecular complexity index is 1210. The average Bonchev–Trinajstić information content (AvgIpc) is 3.34. The summed E-state index contributed by atoms with van der Waals surface area (Å²) in [6.07, 6.45) is 15.3. The van der Waals surface area contributed by atoms with Crippen molar-refractivity contribution >= 4 is 23.9 Å². The average molecular weight is 649 g/mol. The molecule has 2 fully saturated rings. The summed E-state index contributed by atoms with van der Waals surface area (Å²) in [6, 6.07) is 8.17. The number of benzene rings is 1. The smallest absolute Gasteiger partial charge is 0.242 e. The fraction of sp³-hybridized carbons (Fsp3) is 0.684. The van der Waals surface area contributed by atoms with Crippen molar-refractivity contribution in [3.63, 3.8) is 0 Å². The van der Waals surface area contributed by atoms with Crippen molar-refractivity contribution in [2.24, 2.45) is 22.7 Å². The number of carbonyl (C=O) groups is 3. The van der Waals surface area contributed by atoms with Gasteiger partial charge in [0.15, 0.2) is 0 Å². The predicted molar refractivity (Wildman–Crippen MR) is 184 cm³/mol. The Morgan fingerprint density at radius 1 is 1.00 bits per heavy atom. The summed E-state index contributed by atoms with van der Waals surface area (Å²) in [7, 11) is 0. The lowest BCUT2D eigenvalue weighted by atomic mass is 9.82. The molecule has 258 valence electrons. The highest BCUT2D eigenvalue weighted by Gasteiger charge is 2.39. The van der Waals surface area contributed by atoms with Crippen molar-refractivity contribution in [3.8, 4) is 12.3 Å². The van der Waals surface area contributed by atoms with Gasteiger partial charge >= 0.3 is 0 Å². The molecule has 2 aliphatic heterocycles. The third kappa shape index (κ3) is 10.9. The van der Waals surface area contributed by atoms with Crippen LogP contribution < -0.4 is 10.6 Å². The summed E-state index contributed by atoms with van der Waals surface area (Å²) in [5.41, 5.74) is 0.932. The second-order valence-corrected chi connectivity index (χ2v) is 14.4. The third-order valence-corrected chi connectivity index (χ3v) is 10.2. The van der Waals surface area contributed by atoms with E-state index in [1.165, 1.54) is 6.42 Å². The van der Waals surface area contributed by atoms with E-state index in [0.717, 1.165) is 50.5 Å². The highest BCUT2D eigenvalue weighted by molar-refractivity contribution is 5.91. The van der Waals surface area contributed by atoms with Gasteiger partial charge in [-0.05, 0) is 55.9 Å². The molecule has 2 heterocycles. The zero-order valence-corrected chi connectivity index (χ0v) is 28.4. The maximum atomic E-state index is 14.0. The molecule has 0 aromatic heterocycles. The first kappa shape index (κ1) is 36.6. The monoisotopic (exact) mass is 648 g/mol. The highest BCUT2D eigenvalue weighted by Crippen LogP contribution is 2.31. The number of fused-ring (bicyclic) bond motifs is 2. The molecule has 4 N–H and O–H groups in total. The minimum Gasteiger partial charge on any atom is -0.390 e. The van der Waals surface area contributed by atoms with E-state index in [1.807, 2.05) is 55.3 Å². The number of aliphatic hydroxyl groups is 2. The minimum atomic E-state index is -1.14. The van der Waals surface area contributed by atoms with E-state index in [1.54, 1.807) is 0 Å². The molecule has 1 saturated carbocycles. The lowest BCUT2D eigenvalue weighted by Crippen LogP contribution is -2.56. The van der Waals surface area contributed by atoms with Crippen LogP contribution in [0.5, 0.6) is 0 Å². The number of amides is 3. The molecule has 1 aromatic rings. The normalized spacial score (nSPS) is 22.9. The van der Waals surface area contributed by atoms with Gasteiger partial charge in [0.1, 0.15) is 12.1 Å². The molecule has 0 radical (unpaired) electrons. The molecule has 1 aliphatic carbocycles. The van der Waals surface area contributed by atoms with Gasteiger partial charge in [0.05, 0.1) is 30.7 Å². The van der Waals surface area contributed by atoms with Crippen LogP contribution in [-0.2, 0) is 20.8 Å². The molecule has 2 unspecified atom stereocenters. The number of hydrogen-bond donors (Lipinski definition) is 4. The van der Waals surface area contributed by atoms with Crippen molar-refractivity contribution in [1.82, 2.24) is 15.5 Å². The number of rotatable bonds is 16. The van der Waals surface area contributed by atoms with Gasteiger partial charge in [-0.2, -0.15) is 0 Å². The zero-order chi connectivity index (χ0) is 33.8. The van der Waals surface area contributed by atoms with Crippen LogP contribution in [0, 0.1) is 30.1 Å². The van der Waals surface area contributed by atoms with Crippen LogP contribution in [0.1, 0.15) is 103 Å². The minimum absolute atomic E-state index is 0.0294. The number of nitrogens with one attached hydrogen (secondary N) is 2. The van der Waals surface area contributed by atoms with Gasteiger partial charge in [0.2, 0.25) is 17.7 Å². The summed E-state index contributed by atoms with van der Waals surface area (Å²) in [6.45, 7) is 4.56. The van der Waals surface area contributed by atoms with Gasteiger partial charge < -0.3 is 25.7 Å². The number of aliphatic hydroxyl groups excluding tert-OH is 2. The topological polar surface area (TPSA) is 131 Å². The Morgan fingerprint density at radius 3 is 2.43 bits per heavy atom. The molecular weight excluding hydrogens is 592 g/mol. The van der Waals surface area contributed by atoms with Gasteiger partial charge in [0.25, 0.3) is 0 Å². The van der Waals surface area contributed by atoms with Crippen LogP contribution in [0.25, 0.3) is 0 Å². The molecule has 4 rings (SSSR count). The lowest BCUT2D eigenvalue weighted by Gasteiger charge is -2.34. The maximum Gasteiger partial charge on any atom is 0.242 e. The van der Waals surface area contributed by atoms with E-state index in [0.29, 0.717) is 31.7 Å². The third-order valence-electron chi connectivity index (χ3n) is 10.2. The van der Waals surface area contributed by atoms with Crippen LogP contribution in [0.3, 0.4) is 0 Å². The molecule has 3 amide bonds. The molecule has 2 bridgehead atoms. The Kier molecular flexibility index (Phi) is 14.3. The molecule has 9 nitrogen and oxygen atoms in total. The number of hydrogen-bond acceptors (Lipinski definition) is 6.